The Bertz CT molecular complexity index is 236. The van der Waals surface area contributed by atoms with Crippen LogP contribution in [0.4, 0.5) is 0 Å². The van der Waals surface area contributed by atoms with Crippen molar-refractivity contribution < 1.29 is 0 Å². The molecule has 1 N–H and O–H groups in total. The van der Waals surface area contributed by atoms with Crippen molar-refractivity contribution in [2.24, 2.45) is 17.3 Å². The second kappa shape index (κ2) is 6.30. The van der Waals surface area contributed by atoms with Crippen molar-refractivity contribution in [3.8, 4) is 12.3 Å². The molecule has 1 nitrogen and oxygen atoms in total. The molecule has 1 aliphatic rings. The van der Waals surface area contributed by atoms with Gasteiger partial charge in [-0.05, 0) is 56.0 Å². The van der Waals surface area contributed by atoms with Crippen molar-refractivity contribution >= 4 is 0 Å². The molecule has 0 aliphatic heterocycles. The molecule has 0 aromatic heterocycles. The summed E-state index contributed by atoms with van der Waals surface area (Å²) >= 11 is 0. The Morgan fingerprint density at radius 1 is 1.38 bits per heavy atom. The predicted molar refractivity (Wildman–Crippen MR) is 71.2 cm³/mol. The third-order valence-corrected chi connectivity index (χ3v) is 3.99. The minimum atomic E-state index is 0.530. The second-order valence-electron chi connectivity index (χ2n) is 5.98. The number of hydrogen-bond donors (Lipinski definition) is 1. The van der Waals surface area contributed by atoms with E-state index in [1.807, 2.05) is 0 Å². The summed E-state index contributed by atoms with van der Waals surface area (Å²) in [5, 5.41) is 3.50. The van der Waals surface area contributed by atoms with Crippen LogP contribution in [0, 0.1) is 29.6 Å². The largest absolute Gasteiger partial charge is 0.317 e. The van der Waals surface area contributed by atoms with E-state index in [2.05, 4.69) is 32.0 Å². The first-order valence-corrected chi connectivity index (χ1v) is 6.73. The first-order valence-electron chi connectivity index (χ1n) is 6.73. The molecule has 16 heavy (non-hydrogen) atoms. The van der Waals surface area contributed by atoms with E-state index < -0.39 is 0 Å². The van der Waals surface area contributed by atoms with Crippen LogP contribution in [0.1, 0.15) is 52.9 Å². The van der Waals surface area contributed by atoms with Gasteiger partial charge in [0.25, 0.3) is 0 Å². The lowest BCUT2D eigenvalue weighted by molar-refractivity contribution is 0.111. The number of hydrogen-bond acceptors (Lipinski definition) is 1. The molecule has 92 valence electrons. The Morgan fingerprint density at radius 2 is 2.12 bits per heavy atom. The summed E-state index contributed by atoms with van der Waals surface area (Å²) in [5.41, 5.74) is 0.530. The topological polar surface area (TPSA) is 12.0 Å². The van der Waals surface area contributed by atoms with Gasteiger partial charge < -0.3 is 5.32 Å². The van der Waals surface area contributed by atoms with Crippen LogP contribution in [0.5, 0.6) is 0 Å². The van der Waals surface area contributed by atoms with Gasteiger partial charge in [-0.3, -0.25) is 0 Å². The second-order valence-corrected chi connectivity index (χ2v) is 5.98. The Hall–Kier alpha value is -0.480. The van der Waals surface area contributed by atoms with Crippen LogP contribution in [0.15, 0.2) is 0 Å². The van der Waals surface area contributed by atoms with Crippen molar-refractivity contribution in [3.63, 3.8) is 0 Å². The zero-order chi connectivity index (χ0) is 12.0. The molecule has 0 radical (unpaired) electrons. The van der Waals surface area contributed by atoms with Crippen LogP contribution in [-0.2, 0) is 0 Å². The fraction of sp³-hybridized carbons (Fsp3) is 0.867. The summed E-state index contributed by atoms with van der Waals surface area (Å²) < 4.78 is 0. The highest BCUT2D eigenvalue weighted by Gasteiger charge is 2.33. The molecule has 1 fully saturated rings. The average molecular weight is 221 g/mol. The van der Waals surface area contributed by atoms with E-state index in [0.717, 1.165) is 24.8 Å². The van der Waals surface area contributed by atoms with Gasteiger partial charge in [-0.1, -0.05) is 20.8 Å². The number of rotatable bonds is 5. The van der Waals surface area contributed by atoms with Crippen LogP contribution in [0.3, 0.4) is 0 Å². The fourth-order valence-corrected chi connectivity index (χ4v) is 3.00. The fourth-order valence-electron chi connectivity index (χ4n) is 3.00. The summed E-state index contributed by atoms with van der Waals surface area (Å²) in [7, 11) is 0. The molecule has 2 unspecified atom stereocenters. The van der Waals surface area contributed by atoms with Crippen LogP contribution in [0.2, 0.25) is 0 Å². The molecule has 0 aromatic carbocycles. The zero-order valence-corrected chi connectivity index (χ0v) is 11.2. The molecule has 1 rings (SSSR count). The van der Waals surface area contributed by atoms with Gasteiger partial charge in [0.15, 0.2) is 0 Å². The maximum absolute atomic E-state index is 5.39. The third-order valence-electron chi connectivity index (χ3n) is 3.99. The normalized spacial score (nSPS) is 28.6. The summed E-state index contributed by atoms with van der Waals surface area (Å²) in [5.74, 6) is 4.48. The zero-order valence-electron chi connectivity index (χ0n) is 11.2. The van der Waals surface area contributed by atoms with E-state index in [1.165, 1.54) is 32.2 Å². The van der Waals surface area contributed by atoms with Crippen LogP contribution < -0.4 is 5.32 Å². The van der Waals surface area contributed by atoms with Gasteiger partial charge in [0, 0.05) is 6.42 Å². The monoisotopic (exact) mass is 221 g/mol. The molecule has 0 spiro atoms. The van der Waals surface area contributed by atoms with Gasteiger partial charge in [0.2, 0.25) is 0 Å². The van der Waals surface area contributed by atoms with Crippen molar-refractivity contribution in [2.75, 3.05) is 13.1 Å². The summed E-state index contributed by atoms with van der Waals surface area (Å²) in [6.07, 6.45) is 11.7. The van der Waals surface area contributed by atoms with Gasteiger partial charge in [-0.2, -0.15) is 0 Å². The van der Waals surface area contributed by atoms with E-state index in [-0.39, 0.29) is 0 Å². The number of terminal acetylenes is 1. The van der Waals surface area contributed by atoms with Crippen molar-refractivity contribution in [1.82, 2.24) is 5.32 Å². The lowest BCUT2D eigenvalue weighted by atomic mass is 9.66. The van der Waals surface area contributed by atoms with Gasteiger partial charge in [-0.25, -0.2) is 0 Å². The lowest BCUT2D eigenvalue weighted by Gasteiger charge is -2.41. The average Bonchev–Trinajstić information content (AvgIpc) is 2.24. The summed E-state index contributed by atoms with van der Waals surface area (Å²) in [4.78, 5) is 0. The molecule has 0 aromatic rings. The van der Waals surface area contributed by atoms with Crippen molar-refractivity contribution in [1.29, 1.82) is 0 Å². The van der Waals surface area contributed by atoms with Crippen molar-refractivity contribution in [3.05, 3.63) is 0 Å². The number of nitrogens with one attached hydrogen (secondary N) is 1. The van der Waals surface area contributed by atoms with Crippen LogP contribution in [-0.4, -0.2) is 13.1 Å². The van der Waals surface area contributed by atoms with Crippen LogP contribution in [0.25, 0.3) is 0 Å². The van der Waals surface area contributed by atoms with Gasteiger partial charge in [0.05, 0.1) is 0 Å². The van der Waals surface area contributed by atoms with E-state index in [4.69, 9.17) is 6.42 Å². The molecule has 0 heterocycles. The molecule has 1 heteroatoms. The Labute approximate surface area is 101 Å². The minimum Gasteiger partial charge on any atom is -0.317 e. The predicted octanol–water partition coefficient (Wildman–Crippen LogP) is 3.45. The lowest BCUT2D eigenvalue weighted by Crippen LogP contribution is -2.35. The maximum Gasteiger partial charge on any atom is 0.00888 e. The van der Waals surface area contributed by atoms with E-state index in [9.17, 15) is 0 Å². The minimum absolute atomic E-state index is 0.530. The van der Waals surface area contributed by atoms with Gasteiger partial charge in [0.1, 0.15) is 0 Å². The van der Waals surface area contributed by atoms with E-state index in [0.29, 0.717) is 5.41 Å². The summed E-state index contributed by atoms with van der Waals surface area (Å²) in [6, 6.07) is 0. The quantitative estimate of drug-likeness (QED) is 0.701. The van der Waals surface area contributed by atoms with E-state index >= 15 is 0 Å². The van der Waals surface area contributed by atoms with E-state index in [1.54, 1.807) is 0 Å². The Morgan fingerprint density at radius 3 is 2.75 bits per heavy atom. The molecule has 0 bridgehead atoms. The smallest absolute Gasteiger partial charge is 0.00888 e. The third kappa shape index (κ3) is 4.18. The summed E-state index contributed by atoms with van der Waals surface area (Å²) in [6.45, 7) is 9.26. The van der Waals surface area contributed by atoms with Gasteiger partial charge in [-0.15, -0.1) is 12.3 Å². The molecule has 2 atom stereocenters. The first kappa shape index (κ1) is 13.6. The standard InChI is InChI=1S/C15H27N/c1-5-7-8-13-11-15(3,4)10-9-14(13)12-16-6-2/h1,13-14,16H,6-12H2,2-4H3. The highest BCUT2D eigenvalue weighted by atomic mass is 14.8. The SMILES string of the molecule is C#CCCC1CC(C)(C)CCC1CNCC. The molecular formula is C15H27N. The Kier molecular flexibility index (Phi) is 5.35. The highest BCUT2D eigenvalue weighted by molar-refractivity contribution is 4.90. The molecular weight excluding hydrogens is 194 g/mol. The first-order chi connectivity index (χ1) is 7.59. The van der Waals surface area contributed by atoms with Crippen LogP contribution >= 0.6 is 0 Å². The Balaban J connectivity index is 2.50. The molecule has 0 amide bonds. The maximum atomic E-state index is 5.39. The molecule has 1 aliphatic carbocycles. The molecule has 1 saturated carbocycles. The van der Waals surface area contributed by atoms with Crippen molar-refractivity contribution in [2.45, 2.75) is 52.9 Å². The molecule has 0 saturated heterocycles. The highest BCUT2D eigenvalue weighted by Crippen LogP contribution is 2.43. The van der Waals surface area contributed by atoms with Gasteiger partial charge >= 0.3 is 0 Å².